The van der Waals surface area contributed by atoms with Crippen LogP contribution in [0.3, 0.4) is 0 Å². The fourth-order valence-electron chi connectivity index (χ4n) is 2.01. The van der Waals surface area contributed by atoms with Crippen molar-refractivity contribution < 1.29 is 4.79 Å². The summed E-state index contributed by atoms with van der Waals surface area (Å²) in [5.41, 5.74) is 3.67. The van der Waals surface area contributed by atoms with Crippen molar-refractivity contribution in [1.82, 2.24) is 0 Å². The summed E-state index contributed by atoms with van der Waals surface area (Å²) in [6, 6.07) is 0. The van der Waals surface area contributed by atoms with Crippen molar-refractivity contribution in [1.29, 1.82) is 0 Å². The number of hydrogen-bond donors (Lipinski definition) is 0. The molecule has 0 saturated carbocycles. The van der Waals surface area contributed by atoms with Gasteiger partial charge in [0.2, 0.25) is 0 Å². The molecule has 1 aliphatic rings. The van der Waals surface area contributed by atoms with E-state index >= 15 is 0 Å². The molecule has 0 spiro atoms. The van der Waals surface area contributed by atoms with Gasteiger partial charge in [-0.2, -0.15) is 0 Å². The lowest BCUT2D eigenvalue weighted by atomic mass is 10.0. The zero-order valence-corrected chi connectivity index (χ0v) is 8.81. The summed E-state index contributed by atoms with van der Waals surface area (Å²) in [6.45, 7) is 6.28. The first-order chi connectivity index (χ1) is 6.24. The van der Waals surface area contributed by atoms with E-state index in [1.54, 1.807) is 0 Å². The van der Waals surface area contributed by atoms with Crippen LogP contribution in [0.5, 0.6) is 0 Å². The topological polar surface area (TPSA) is 17.1 Å². The Bertz CT molecular complexity index is 269. The number of rotatable bonds is 3. The van der Waals surface area contributed by atoms with Gasteiger partial charge in [-0.05, 0) is 36.5 Å². The SMILES string of the molecule is C/C=C1\CC(=O)C(CCC)=C1CC. The quantitative estimate of drug-likeness (QED) is 0.647. The molecule has 0 aromatic carbocycles. The van der Waals surface area contributed by atoms with E-state index in [2.05, 4.69) is 19.9 Å². The van der Waals surface area contributed by atoms with Crippen molar-refractivity contribution in [3.05, 3.63) is 22.8 Å². The average Bonchev–Trinajstić information content (AvgIpc) is 2.44. The molecule has 0 aromatic heterocycles. The van der Waals surface area contributed by atoms with Crippen LogP contribution in [0.4, 0.5) is 0 Å². The lowest BCUT2D eigenvalue weighted by molar-refractivity contribution is -0.114. The van der Waals surface area contributed by atoms with Crippen LogP contribution in [0, 0.1) is 0 Å². The van der Waals surface area contributed by atoms with E-state index in [-0.39, 0.29) is 0 Å². The zero-order valence-electron chi connectivity index (χ0n) is 8.81. The van der Waals surface area contributed by atoms with Gasteiger partial charge in [-0.15, -0.1) is 0 Å². The molecule has 13 heavy (non-hydrogen) atoms. The Morgan fingerprint density at radius 3 is 2.46 bits per heavy atom. The molecule has 0 aliphatic heterocycles. The largest absolute Gasteiger partial charge is 0.294 e. The summed E-state index contributed by atoms with van der Waals surface area (Å²) >= 11 is 0. The Morgan fingerprint density at radius 1 is 1.31 bits per heavy atom. The fraction of sp³-hybridized carbons (Fsp3) is 0.583. The number of carbonyl (C=O) groups is 1. The van der Waals surface area contributed by atoms with E-state index in [0.29, 0.717) is 12.2 Å². The molecule has 72 valence electrons. The van der Waals surface area contributed by atoms with Crippen LogP contribution >= 0.6 is 0 Å². The highest BCUT2D eigenvalue weighted by molar-refractivity contribution is 6.02. The molecule has 1 rings (SSSR count). The Balaban J connectivity index is 3.00. The van der Waals surface area contributed by atoms with E-state index < -0.39 is 0 Å². The number of carbonyl (C=O) groups excluding carboxylic acids is 1. The third-order valence-corrected chi connectivity index (χ3v) is 2.64. The molecule has 0 fully saturated rings. The van der Waals surface area contributed by atoms with Gasteiger partial charge in [-0.25, -0.2) is 0 Å². The summed E-state index contributed by atoms with van der Waals surface area (Å²) in [7, 11) is 0. The lowest BCUT2D eigenvalue weighted by Gasteiger charge is -2.02. The summed E-state index contributed by atoms with van der Waals surface area (Å²) in [4.78, 5) is 11.6. The molecule has 0 bridgehead atoms. The van der Waals surface area contributed by atoms with Crippen LogP contribution in [-0.2, 0) is 4.79 Å². The molecular formula is C12H18O. The summed E-state index contributed by atoms with van der Waals surface area (Å²) < 4.78 is 0. The molecule has 0 radical (unpaired) electrons. The predicted molar refractivity (Wildman–Crippen MR) is 55.6 cm³/mol. The van der Waals surface area contributed by atoms with Crippen LogP contribution in [0.2, 0.25) is 0 Å². The standard InChI is InChI=1S/C12H18O/c1-4-7-11-10(6-3)9(5-2)8-12(11)13/h5H,4,6-8H2,1-3H3/b9-5+. The van der Waals surface area contributed by atoms with Gasteiger partial charge in [-0.1, -0.05) is 26.3 Å². The van der Waals surface area contributed by atoms with Crippen molar-refractivity contribution in [2.45, 2.75) is 46.5 Å². The third-order valence-electron chi connectivity index (χ3n) is 2.64. The van der Waals surface area contributed by atoms with E-state index in [4.69, 9.17) is 0 Å². The van der Waals surface area contributed by atoms with Crippen molar-refractivity contribution in [2.75, 3.05) is 0 Å². The minimum absolute atomic E-state index is 0.354. The molecule has 0 unspecified atom stereocenters. The number of Topliss-reactive ketones (excluding diaryl/α,β-unsaturated/α-hetero) is 1. The van der Waals surface area contributed by atoms with Crippen molar-refractivity contribution in [3.63, 3.8) is 0 Å². The highest BCUT2D eigenvalue weighted by Crippen LogP contribution is 2.33. The highest BCUT2D eigenvalue weighted by atomic mass is 16.1. The van der Waals surface area contributed by atoms with Gasteiger partial charge in [-0.3, -0.25) is 4.79 Å². The zero-order chi connectivity index (χ0) is 9.84. The van der Waals surface area contributed by atoms with E-state index in [0.717, 1.165) is 24.8 Å². The van der Waals surface area contributed by atoms with Crippen LogP contribution < -0.4 is 0 Å². The number of hydrogen-bond acceptors (Lipinski definition) is 1. The van der Waals surface area contributed by atoms with Gasteiger partial charge in [0.25, 0.3) is 0 Å². The number of ketones is 1. The Labute approximate surface area is 80.5 Å². The van der Waals surface area contributed by atoms with Crippen LogP contribution in [0.25, 0.3) is 0 Å². The van der Waals surface area contributed by atoms with Crippen molar-refractivity contribution >= 4 is 5.78 Å². The first-order valence-corrected chi connectivity index (χ1v) is 5.15. The first-order valence-electron chi connectivity index (χ1n) is 5.15. The van der Waals surface area contributed by atoms with E-state index in [9.17, 15) is 4.79 Å². The molecule has 0 atom stereocenters. The van der Waals surface area contributed by atoms with Crippen LogP contribution in [-0.4, -0.2) is 5.78 Å². The molecule has 1 nitrogen and oxygen atoms in total. The normalized spacial score (nSPS) is 20.5. The van der Waals surface area contributed by atoms with Gasteiger partial charge in [0, 0.05) is 6.42 Å². The Kier molecular flexibility index (Phi) is 3.47. The molecule has 0 saturated heterocycles. The summed E-state index contributed by atoms with van der Waals surface area (Å²) in [6.07, 6.45) is 5.76. The van der Waals surface area contributed by atoms with Crippen molar-refractivity contribution in [2.24, 2.45) is 0 Å². The minimum Gasteiger partial charge on any atom is -0.294 e. The molecule has 0 N–H and O–H groups in total. The summed E-state index contributed by atoms with van der Waals surface area (Å²) in [5, 5.41) is 0. The average molecular weight is 178 g/mol. The van der Waals surface area contributed by atoms with Gasteiger partial charge in [0.15, 0.2) is 5.78 Å². The molecule has 1 heteroatoms. The van der Waals surface area contributed by atoms with Gasteiger partial charge in [0.05, 0.1) is 0 Å². The predicted octanol–water partition coefficient (Wildman–Crippen LogP) is 3.41. The number of allylic oxidation sites excluding steroid dienone is 4. The maximum Gasteiger partial charge on any atom is 0.163 e. The summed E-state index contributed by atoms with van der Waals surface area (Å²) in [5.74, 6) is 0.354. The van der Waals surface area contributed by atoms with Gasteiger partial charge >= 0.3 is 0 Å². The van der Waals surface area contributed by atoms with E-state index in [1.807, 2.05) is 6.92 Å². The molecule has 0 aromatic rings. The van der Waals surface area contributed by atoms with Crippen LogP contribution in [0.15, 0.2) is 22.8 Å². The van der Waals surface area contributed by atoms with Crippen molar-refractivity contribution in [3.8, 4) is 0 Å². The Hall–Kier alpha value is -0.850. The maximum absolute atomic E-state index is 11.6. The smallest absolute Gasteiger partial charge is 0.163 e. The maximum atomic E-state index is 11.6. The molecule has 1 aliphatic carbocycles. The second kappa shape index (κ2) is 4.40. The fourth-order valence-corrected chi connectivity index (χ4v) is 2.01. The molecule has 0 heterocycles. The second-order valence-corrected chi connectivity index (χ2v) is 3.47. The first kappa shape index (κ1) is 10.2. The third kappa shape index (κ3) is 1.90. The monoisotopic (exact) mass is 178 g/mol. The highest BCUT2D eigenvalue weighted by Gasteiger charge is 2.24. The minimum atomic E-state index is 0.354. The van der Waals surface area contributed by atoms with Gasteiger partial charge < -0.3 is 0 Å². The molecular weight excluding hydrogens is 160 g/mol. The van der Waals surface area contributed by atoms with Gasteiger partial charge in [0.1, 0.15) is 0 Å². The lowest BCUT2D eigenvalue weighted by Crippen LogP contribution is -1.95. The second-order valence-electron chi connectivity index (χ2n) is 3.47. The van der Waals surface area contributed by atoms with Crippen LogP contribution in [0.1, 0.15) is 46.5 Å². The Morgan fingerprint density at radius 2 is 2.00 bits per heavy atom. The van der Waals surface area contributed by atoms with E-state index in [1.165, 1.54) is 11.1 Å². The molecule has 0 amide bonds.